The molecule has 1 unspecified atom stereocenters. The molecule has 0 radical (unpaired) electrons. The maximum atomic E-state index is 11.6. The maximum absolute atomic E-state index is 11.6. The highest BCUT2D eigenvalue weighted by atomic mass is 16.1. The molecule has 5 heteroatoms. The number of carbonyl (C=O) groups excluding carboxylic acids is 1. The summed E-state index contributed by atoms with van der Waals surface area (Å²) in [5.74, 6) is 0.0741. The van der Waals surface area contributed by atoms with Crippen LogP contribution in [-0.2, 0) is 11.3 Å². The van der Waals surface area contributed by atoms with E-state index in [9.17, 15) is 4.79 Å². The minimum atomic E-state index is 0.0741. The lowest BCUT2D eigenvalue weighted by Gasteiger charge is -2.09. The van der Waals surface area contributed by atoms with E-state index in [4.69, 9.17) is 0 Å². The Morgan fingerprint density at radius 1 is 1.62 bits per heavy atom. The van der Waals surface area contributed by atoms with Gasteiger partial charge in [0.15, 0.2) is 0 Å². The van der Waals surface area contributed by atoms with Crippen LogP contribution in [0.15, 0.2) is 18.3 Å². The lowest BCUT2D eigenvalue weighted by molar-refractivity contribution is -0.121. The fourth-order valence-corrected chi connectivity index (χ4v) is 1.84. The first-order valence-electron chi connectivity index (χ1n) is 5.61. The molecule has 1 aliphatic rings. The largest absolute Gasteiger partial charge is 0.350 e. The number of nitrogens with zero attached hydrogens (tertiary/aromatic N) is 2. The van der Waals surface area contributed by atoms with Crippen LogP contribution < -0.4 is 10.6 Å². The fraction of sp³-hybridized carbons (Fsp3) is 0.545. The van der Waals surface area contributed by atoms with Crippen molar-refractivity contribution in [3.05, 3.63) is 24.0 Å². The molecule has 2 N–H and O–H groups in total. The van der Waals surface area contributed by atoms with Gasteiger partial charge in [-0.2, -0.15) is 10.2 Å². The lowest BCUT2D eigenvalue weighted by atomic mass is 10.1. The summed E-state index contributed by atoms with van der Waals surface area (Å²) in [6, 6.07) is 4.01. The van der Waals surface area contributed by atoms with Gasteiger partial charge in [-0.25, -0.2) is 0 Å². The zero-order valence-electron chi connectivity index (χ0n) is 9.15. The Kier molecular flexibility index (Phi) is 3.82. The van der Waals surface area contributed by atoms with Crippen LogP contribution in [-0.4, -0.2) is 28.7 Å². The molecule has 16 heavy (non-hydrogen) atoms. The van der Waals surface area contributed by atoms with Crippen LogP contribution in [0.1, 0.15) is 25.0 Å². The van der Waals surface area contributed by atoms with Crippen molar-refractivity contribution >= 4 is 5.91 Å². The first kappa shape index (κ1) is 11.0. The third-order valence-corrected chi connectivity index (χ3v) is 2.69. The topological polar surface area (TPSA) is 66.9 Å². The fourth-order valence-electron chi connectivity index (χ4n) is 1.84. The minimum Gasteiger partial charge on any atom is -0.350 e. The third kappa shape index (κ3) is 3.27. The van der Waals surface area contributed by atoms with E-state index in [-0.39, 0.29) is 5.91 Å². The van der Waals surface area contributed by atoms with Crippen LogP contribution in [0.5, 0.6) is 0 Å². The quantitative estimate of drug-likeness (QED) is 0.762. The zero-order valence-corrected chi connectivity index (χ0v) is 9.15. The number of hydrogen-bond acceptors (Lipinski definition) is 4. The van der Waals surface area contributed by atoms with Gasteiger partial charge in [-0.3, -0.25) is 4.79 Å². The summed E-state index contributed by atoms with van der Waals surface area (Å²) in [7, 11) is 0. The molecule has 1 amide bonds. The molecule has 1 fully saturated rings. The molecule has 5 nitrogen and oxygen atoms in total. The second-order valence-electron chi connectivity index (χ2n) is 3.99. The molecule has 1 aromatic heterocycles. The van der Waals surface area contributed by atoms with Crippen molar-refractivity contribution in [2.45, 2.75) is 31.8 Å². The number of nitrogens with one attached hydrogen (secondary N) is 2. The summed E-state index contributed by atoms with van der Waals surface area (Å²) < 4.78 is 0. The molecule has 0 saturated carbocycles. The summed E-state index contributed by atoms with van der Waals surface area (Å²) in [5.41, 5.74) is 0.787. The number of amides is 1. The maximum Gasteiger partial charge on any atom is 0.221 e. The van der Waals surface area contributed by atoms with Crippen LogP contribution in [0.3, 0.4) is 0 Å². The predicted molar refractivity (Wildman–Crippen MR) is 59.5 cm³/mol. The van der Waals surface area contributed by atoms with Gasteiger partial charge in [-0.1, -0.05) is 0 Å². The van der Waals surface area contributed by atoms with Gasteiger partial charge >= 0.3 is 0 Å². The molecular formula is C11H16N4O. The van der Waals surface area contributed by atoms with E-state index in [1.807, 2.05) is 12.1 Å². The molecule has 1 aliphatic heterocycles. The van der Waals surface area contributed by atoms with Crippen molar-refractivity contribution < 1.29 is 4.79 Å². The van der Waals surface area contributed by atoms with Crippen molar-refractivity contribution in [1.29, 1.82) is 0 Å². The van der Waals surface area contributed by atoms with Crippen molar-refractivity contribution in [3.8, 4) is 0 Å². The van der Waals surface area contributed by atoms with Crippen LogP contribution >= 0.6 is 0 Å². The molecule has 2 heterocycles. The van der Waals surface area contributed by atoms with Crippen LogP contribution in [0.2, 0.25) is 0 Å². The zero-order chi connectivity index (χ0) is 11.2. The molecule has 0 spiro atoms. The van der Waals surface area contributed by atoms with Crippen molar-refractivity contribution in [2.24, 2.45) is 0 Å². The van der Waals surface area contributed by atoms with E-state index in [0.717, 1.165) is 18.7 Å². The summed E-state index contributed by atoms with van der Waals surface area (Å²) in [6.07, 6.45) is 4.44. The molecular weight excluding hydrogens is 204 g/mol. The van der Waals surface area contributed by atoms with E-state index in [2.05, 4.69) is 20.8 Å². The summed E-state index contributed by atoms with van der Waals surface area (Å²) in [5, 5.41) is 13.8. The molecule has 0 bridgehead atoms. The van der Waals surface area contributed by atoms with E-state index >= 15 is 0 Å². The van der Waals surface area contributed by atoms with Gasteiger partial charge in [-0.15, -0.1) is 0 Å². The van der Waals surface area contributed by atoms with Crippen molar-refractivity contribution in [1.82, 2.24) is 20.8 Å². The molecule has 1 atom stereocenters. The van der Waals surface area contributed by atoms with E-state index < -0.39 is 0 Å². The van der Waals surface area contributed by atoms with Crippen molar-refractivity contribution in [2.75, 3.05) is 6.54 Å². The highest BCUT2D eigenvalue weighted by Gasteiger charge is 2.17. The lowest BCUT2D eigenvalue weighted by Crippen LogP contribution is -2.31. The second kappa shape index (κ2) is 5.55. The van der Waals surface area contributed by atoms with Crippen LogP contribution in [0, 0.1) is 0 Å². The van der Waals surface area contributed by atoms with Crippen molar-refractivity contribution in [3.63, 3.8) is 0 Å². The Hall–Kier alpha value is -1.49. The van der Waals surface area contributed by atoms with Gasteiger partial charge in [0.05, 0.1) is 12.2 Å². The van der Waals surface area contributed by atoms with Gasteiger partial charge in [0.2, 0.25) is 5.91 Å². The SMILES string of the molecule is O=C(CC1CCCN1)NCc1cccnn1. The standard InChI is InChI=1S/C11H16N4O/c16-11(7-9-3-1-5-12-9)13-8-10-4-2-6-14-15-10/h2,4,6,9,12H,1,3,5,7-8H2,(H,13,16). The molecule has 0 aromatic carbocycles. The first-order chi connectivity index (χ1) is 7.84. The van der Waals surface area contributed by atoms with Gasteiger partial charge in [0, 0.05) is 18.7 Å². The third-order valence-electron chi connectivity index (χ3n) is 2.69. The molecule has 86 valence electrons. The Balaban J connectivity index is 1.71. The van der Waals surface area contributed by atoms with Gasteiger partial charge in [-0.05, 0) is 31.5 Å². The average molecular weight is 220 g/mol. The summed E-state index contributed by atoms with van der Waals surface area (Å²) in [6.45, 7) is 1.49. The molecule has 2 rings (SSSR count). The number of rotatable bonds is 4. The average Bonchev–Trinajstić information content (AvgIpc) is 2.81. The second-order valence-corrected chi connectivity index (χ2v) is 3.99. The van der Waals surface area contributed by atoms with E-state index in [1.54, 1.807) is 6.20 Å². The van der Waals surface area contributed by atoms with Crippen LogP contribution in [0.4, 0.5) is 0 Å². The molecule has 1 aromatic rings. The Morgan fingerprint density at radius 3 is 3.25 bits per heavy atom. The Labute approximate surface area is 94.6 Å². The van der Waals surface area contributed by atoms with E-state index in [1.165, 1.54) is 6.42 Å². The Morgan fingerprint density at radius 2 is 2.56 bits per heavy atom. The number of hydrogen-bond donors (Lipinski definition) is 2. The van der Waals surface area contributed by atoms with Gasteiger partial charge in [0.1, 0.15) is 0 Å². The van der Waals surface area contributed by atoms with Gasteiger partial charge < -0.3 is 10.6 Å². The molecule has 0 aliphatic carbocycles. The number of aromatic nitrogens is 2. The highest BCUT2D eigenvalue weighted by molar-refractivity contribution is 5.76. The minimum absolute atomic E-state index is 0.0741. The first-order valence-corrected chi connectivity index (χ1v) is 5.61. The monoisotopic (exact) mass is 220 g/mol. The van der Waals surface area contributed by atoms with E-state index in [0.29, 0.717) is 19.0 Å². The normalized spacial score (nSPS) is 19.6. The highest BCUT2D eigenvalue weighted by Crippen LogP contribution is 2.08. The Bertz CT molecular complexity index is 335. The predicted octanol–water partition coefficient (Wildman–Crippen LogP) is 0.235. The van der Waals surface area contributed by atoms with Crippen LogP contribution in [0.25, 0.3) is 0 Å². The summed E-state index contributed by atoms with van der Waals surface area (Å²) in [4.78, 5) is 11.6. The smallest absolute Gasteiger partial charge is 0.221 e. The van der Waals surface area contributed by atoms with Gasteiger partial charge in [0.25, 0.3) is 0 Å². The number of carbonyl (C=O) groups is 1. The molecule has 1 saturated heterocycles. The summed E-state index contributed by atoms with van der Waals surface area (Å²) >= 11 is 0.